The second kappa shape index (κ2) is 5.76. The van der Waals surface area contributed by atoms with Crippen molar-refractivity contribution in [1.29, 1.82) is 0 Å². The molecule has 0 bridgehead atoms. The van der Waals surface area contributed by atoms with Gasteiger partial charge >= 0.3 is 0 Å². The molecule has 0 amide bonds. The van der Waals surface area contributed by atoms with Crippen molar-refractivity contribution in [2.75, 3.05) is 19.0 Å². The van der Waals surface area contributed by atoms with Gasteiger partial charge in [0.05, 0.1) is 0 Å². The highest BCUT2D eigenvalue weighted by molar-refractivity contribution is 6.30. The summed E-state index contributed by atoms with van der Waals surface area (Å²) in [6, 6.07) is 16.0. The van der Waals surface area contributed by atoms with E-state index < -0.39 is 0 Å². The molecule has 2 aromatic carbocycles. The molecule has 0 aromatic heterocycles. The molecular formula is C16H17ClN4. The first-order valence-corrected chi connectivity index (χ1v) is 7.14. The number of anilines is 1. The molecule has 0 fully saturated rings. The molecule has 1 atom stereocenters. The Bertz CT molecular complexity index is 647. The first-order valence-electron chi connectivity index (χ1n) is 6.76. The van der Waals surface area contributed by atoms with Crippen molar-refractivity contribution >= 4 is 23.1 Å². The van der Waals surface area contributed by atoms with Gasteiger partial charge in [0.1, 0.15) is 12.0 Å². The summed E-state index contributed by atoms with van der Waals surface area (Å²) >= 11 is 5.91. The molecule has 5 heteroatoms. The zero-order valence-electron chi connectivity index (χ0n) is 12.0. The van der Waals surface area contributed by atoms with Gasteiger partial charge in [-0.05, 0) is 42.0 Å². The highest BCUT2D eigenvalue weighted by Gasteiger charge is 2.18. The summed E-state index contributed by atoms with van der Waals surface area (Å²) in [5, 5.41) is 0.730. The molecule has 0 aliphatic carbocycles. The molecule has 0 spiro atoms. The molecule has 2 N–H and O–H groups in total. The minimum Gasteiger partial charge on any atom is -0.378 e. The zero-order chi connectivity index (χ0) is 14.8. The lowest BCUT2D eigenvalue weighted by atomic mass is 10.1. The van der Waals surface area contributed by atoms with E-state index in [1.807, 2.05) is 38.4 Å². The standard InChI is InChI=1S/C16H17ClN4/c1-21(2)14-9-5-12(6-10-14)16-18-15(19-20-16)11-3-7-13(17)8-4-11/h3-10,15,19H,1-2H3,(H,18,20). The van der Waals surface area contributed by atoms with Crippen molar-refractivity contribution in [1.82, 2.24) is 10.9 Å². The monoisotopic (exact) mass is 300 g/mol. The van der Waals surface area contributed by atoms with E-state index in [0.717, 1.165) is 22.0 Å². The Hall–Kier alpha value is -2.04. The van der Waals surface area contributed by atoms with Crippen LogP contribution in [0.25, 0.3) is 0 Å². The van der Waals surface area contributed by atoms with Crippen molar-refractivity contribution in [2.24, 2.45) is 4.99 Å². The van der Waals surface area contributed by atoms with Gasteiger partial charge in [0.15, 0.2) is 0 Å². The zero-order valence-corrected chi connectivity index (χ0v) is 12.7. The van der Waals surface area contributed by atoms with Gasteiger partial charge in [-0.3, -0.25) is 0 Å². The average Bonchev–Trinajstić information content (AvgIpc) is 2.98. The average molecular weight is 301 g/mol. The number of halogens is 1. The Labute approximate surface area is 129 Å². The maximum absolute atomic E-state index is 5.91. The van der Waals surface area contributed by atoms with Gasteiger partial charge in [-0.1, -0.05) is 23.7 Å². The van der Waals surface area contributed by atoms with Crippen LogP contribution in [-0.2, 0) is 0 Å². The van der Waals surface area contributed by atoms with Crippen LogP contribution in [0.3, 0.4) is 0 Å². The summed E-state index contributed by atoms with van der Waals surface area (Å²) in [5.41, 5.74) is 9.61. The van der Waals surface area contributed by atoms with Crippen LogP contribution in [0.15, 0.2) is 53.5 Å². The Balaban J connectivity index is 1.80. The normalized spacial score (nSPS) is 17.3. The summed E-state index contributed by atoms with van der Waals surface area (Å²) in [7, 11) is 4.05. The SMILES string of the molecule is CN(C)c1ccc(C2=NC(c3ccc(Cl)cc3)NN2)cc1. The molecule has 1 aliphatic rings. The Morgan fingerprint density at radius 2 is 1.67 bits per heavy atom. The molecule has 0 saturated heterocycles. The minimum absolute atomic E-state index is 0.0919. The molecule has 0 saturated carbocycles. The van der Waals surface area contributed by atoms with E-state index in [4.69, 9.17) is 11.6 Å². The van der Waals surface area contributed by atoms with Crippen LogP contribution in [0, 0.1) is 0 Å². The van der Waals surface area contributed by atoms with Crippen LogP contribution in [0.1, 0.15) is 17.3 Å². The first kappa shape index (κ1) is 13.9. The molecule has 2 aromatic rings. The van der Waals surface area contributed by atoms with Crippen LogP contribution < -0.4 is 15.8 Å². The number of nitrogens with zero attached hydrogens (tertiary/aromatic N) is 2. The fraction of sp³-hybridized carbons (Fsp3) is 0.188. The second-order valence-corrected chi connectivity index (χ2v) is 5.58. The Kier molecular flexibility index (Phi) is 3.82. The molecule has 4 nitrogen and oxygen atoms in total. The molecule has 108 valence electrons. The van der Waals surface area contributed by atoms with E-state index in [1.165, 1.54) is 5.69 Å². The molecule has 21 heavy (non-hydrogen) atoms. The number of nitrogens with one attached hydrogen (secondary N) is 2. The van der Waals surface area contributed by atoms with Gasteiger partial charge in [0.2, 0.25) is 0 Å². The van der Waals surface area contributed by atoms with Crippen LogP contribution in [0.2, 0.25) is 5.02 Å². The molecule has 1 heterocycles. The van der Waals surface area contributed by atoms with Gasteiger partial charge in [0, 0.05) is 30.4 Å². The third kappa shape index (κ3) is 3.01. The van der Waals surface area contributed by atoms with Gasteiger partial charge in [-0.15, -0.1) is 0 Å². The van der Waals surface area contributed by atoms with Crippen LogP contribution >= 0.6 is 11.6 Å². The number of hydrogen-bond donors (Lipinski definition) is 2. The summed E-state index contributed by atoms with van der Waals surface area (Å²) in [4.78, 5) is 6.74. The molecule has 1 aliphatic heterocycles. The second-order valence-electron chi connectivity index (χ2n) is 5.14. The third-order valence-corrected chi connectivity index (χ3v) is 3.68. The lowest BCUT2D eigenvalue weighted by Crippen LogP contribution is -2.31. The van der Waals surface area contributed by atoms with Crippen molar-refractivity contribution < 1.29 is 0 Å². The van der Waals surface area contributed by atoms with Gasteiger partial charge in [-0.2, -0.15) is 0 Å². The highest BCUT2D eigenvalue weighted by atomic mass is 35.5. The fourth-order valence-electron chi connectivity index (χ4n) is 2.20. The number of hydrogen-bond acceptors (Lipinski definition) is 4. The van der Waals surface area contributed by atoms with Crippen molar-refractivity contribution in [2.45, 2.75) is 6.17 Å². The number of benzene rings is 2. The summed E-state index contributed by atoms with van der Waals surface area (Å²) in [6.45, 7) is 0. The van der Waals surface area contributed by atoms with Crippen molar-refractivity contribution in [3.8, 4) is 0 Å². The van der Waals surface area contributed by atoms with Gasteiger partial charge < -0.3 is 10.3 Å². The van der Waals surface area contributed by atoms with E-state index in [9.17, 15) is 0 Å². The van der Waals surface area contributed by atoms with Crippen LogP contribution in [0.4, 0.5) is 5.69 Å². The van der Waals surface area contributed by atoms with Gasteiger partial charge in [0.25, 0.3) is 0 Å². The van der Waals surface area contributed by atoms with E-state index in [1.54, 1.807) is 0 Å². The molecule has 0 radical (unpaired) electrons. The largest absolute Gasteiger partial charge is 0.378 e. The van der Waals surface area contributed by atoms with Crippen molar-refractivity contribution in [3.05, 3.63) is 64.7 Å². The predicted octanol–water partition coefficient (Wildman–Crippen LogP) is 2.96. The predicted molar refractivity (Wildman–Crippen MR) is 87.8 cm³/mol. The molecular weight excluding hydrogens is 284 g/mol. The fourth-order valence-corrected chi connectivity index (χ4v) is 2.32. The number of aliphatic imine (C=N–C) groups is 1. The Morgan fingerprint density at radius 1 is 1.00 bits per heavy atom. The first-order chi connectivity index (χ1) is 10.1. The number of rotatable bonds is 3. The number of hydrazine groups is 1. The summed E-state index contributed by atoms with van der Waals surface area (Å²) in [5.74, 6) is 0.847. The maximum Gasteiger partial charge on any atom is 0.144 e. The maximum atomic E-state index is 5.91. The van der Waals surface area contributed by atoms with E-state index in [-0.39, 0.29) is 6.17 Å². The topological polar surface area (TPSA) is 39.7 Å². The highest BCUT2D eigenvalue weighted by Crippen LogP contribution is 2.21. The molecule has 1 unspecified atom stereocenters. The summed E-state index contributed by atoms with van der Waals surface area (Å²) < 4.78 is 0. The quantitative estimate of drug-likeness (QED) is 0.915. The smallest absolute Gasteiger partial charge is 0.144 e. The van der Waals surface area contributed by atoms with Crippen LogP contribution in [-0.4, -0.2) is 19.9 Å². The summed E-state index contributed by atoms with van der Waals surface area (Å²) in [6.07, 6.45) is -0.0919. The van der Waals surface area contributed by atoms with Crippen molar-refractivity contribution in [3.63, 3.8) is 0 Å². The van der Waals surface area contributed by atoms with Crippen LogP contribution in [0.5, 0.6) is 0 Å². The molecule has 3 rings (SSSR count). The number of amidine groups is 1. The lowest BCUT2D eigenvalue weighted by molar-refractivity contribution is 0.575. The minimum atomic E-state index is -0.0919. The van der Waals surface area contributed by atoms with E-state index in [2.05, 4.69) is 45.0 Å². The third-order valence-electron chi connectivity index (χ3n) is 3.43. The van der Waals surface area contributed by atoms with E-state index >= 15 is 0 Å². The Morgan fingerprint density at radius 3 is 2.29 bits per heavy atom. The van der Waals surface area contributed by atoms with Gasteiger partial charge in [-0.25, -0.2) is 10.4 Å². The van der Waals surface area contributed by atoms with E-state index in [0.29, 0.717) is 0 Å². The lowest BCUT2D eigenvalue weighted by Gasteiger charge is -2.12.